The summed E-state index contributed by atoms with van der Waals surface area (Å²) in [6.07, 6.45) is 3.18. The predicted octanol–water partition coefficient (Wildman–Crippen LogP) is 3.41. The molecule has 1 aromatic rings. The monoisotopic (exact) mass is 252 g/mol. The van der Waals surface area contributed by atoms with Crippen LogP contribution in [0.4, 0.5) is 15.8 Å². The Bertz CT molecular complexity index is 423. The van der Waals surface area contributed by atoms with Crippen molar-refractivity contribution in [1.29, 1.82) is 0 Å². The Kier molecular flexibility index (Phi) is 3.94. The van der Waals surface area contributed by atoms with Crippen molar-refractivity contribution in [2.45, 2.75) is 39.2 Å². The lowest BCUT2D eigenvalue weighted by molar-refractivity contribution is 0.301. The summed E-state index contributed by atoms with van der Waals surface area (Å²) >= 11 is 0. The molecule has 0 heterocycles. The Hall–Kier alpha value is -1.45. The van der Waals surface area contributed by atoms with Gasteiger partial charge in [-0.25, -0.2) is 4.39 Å². The Balaban J connectivity index is 2.09. The fourth-order valence-corrected chi connectivity index (χ4v) is 2.09. The van der Waals surface area contributed by atoms with E-state index in [1.165, 1.54) is 12.5 Å². The molecule has 18 heavy (non-hydrogen) atoms. The van der Waals surface area contributed by atoms with Crippen molar-refractivity contribution in [3.63, 3.8) is 0 Å². The largest absolute Gasteiger partial charge is 0.490 e. The van der Waals surface area contributed by atoms with Crippen LogP contribution < -0.4 is 15.8 Å². The molecule has 3 nitrogen and oxygen atoms in total. The lowest BCUT2D eigenvalue weighted by Crippen LogP contribution is -2.08. The average molecular weight is 252 g/mol. The lowest BCUT2D eigenvalue weighted by atomic mass is 10.2. The first-order valence-electron chi connectivity index (χ1n) is 6.64. The Morgan fingerprint density at radius 3 is 2.83 bits per heavy atom. The second-order valence-electron chi connectivity index (χ2n) is 4.87. The minimum atomic E-state index is -0.394. The van der Waals surface area contributed by atoms with Crippen molar-refractivity contribution < 1.29 is 9.13 Å². The van der Waals surface area contributed by atoms with E-state index in [-0.39, 0.29) is 5.75 Å². The van der Waals surface area contributed by atoms with E-state index in [9.17, 15) is 4.39 Å². The number of ether oxygens (including phenoxy) is 1. The highest BCUT2D eigenvalue weighted by Gasteiger charge is 2.35. The summed E-state index contributed by atoms with van der Waals surface area (Å²) in [5.74, 6) is 0.603. The zero-order valence-electron chi connectivity index (χ0n) is 11.0. The molecular formula is C14H21FN2O. The molecule has 2 rings (SSSR count). The van der Waals surface area contributed by atoms with E-state index in [4.69, 9.17) is 10.5 Å². The summed E-state index contributed by atoms with van der Waals surface area (Å²) in [4.78, 5) is 0. The molecule has 2 unspecified atom stereocenters. The molecule has 0 radical (unpaired) electrons. The van der Waals surface area contributed by atoms with Crippen LogP contribution in [-0.4, -0.2) is 12.6 Å². The second-order valence-corrected chi connectivity index (χ2v) is 4.87. The highest BCUT2D eigenvalue weighted by molar-refractivity contribution is 5.69. The first kappa shape index (κ1) is 13.0. The van der Waals surface area contributed by atoms with E-state index < -0.39 is 5.82 Å². The summed E-state index contributed by atoms with van der Waals surface area (Å²) in [5, 5.41) is 3.36. The van der Waals surface area contributed by atoms with Crippen LogP contribution >= 0.6 is 0 Å². The van der Waals surface area contributed by atoms with Gasteiger partial charge in [-0.2, -0.15) is 0 Å². The van der Waals surface area contributed by atoms with E-state index >= 15 is 0 Å². The molecule has 0 bridgehead atoms. The summed E-state index contributed by atoms with van der Waals surface area (Å²) in [6.45, 7) is 4.68. The topological polar surface area (TPSA) is 47.3 Å². The van der Waals surface area contributed by atoms with Gasteiger partial charge in [-0.15, -0.1) is 0 Å². The number of hydrogen-bond donors (Lipinski definition) is 2. The van der Waals surface area contributed by atoms with Crippen molar-refractivity contribution in [1.82, 2.24) is 0 Å². The van der Waals surface area contributed by atoms with E-state index in [1.807, 2.05) is 6.92 Å². The van der Waals surface area contributed by atoms with E-state index in [0.717, 1.165) is 24.4 Å². The molecule has 1 fully saturated rings. The minimum Gasteiger partial charge on any atom is -0.490 e. The number of nitrogen functional groups attached to an aromatic ring is 1. The van der Waals surface area contributed by atoms with Crippen LogP contribution in [0.3, 0.4) is 0 Å². The van der Waals surface area contributed by atoms with Gasteiger partial charge in [-0.3, -0.25) is 0 Å². The number of nitrogens with two attached hydrogens (primary N) is 1. The molecule has 1 aliphatic rings. The molecule has 3 N–H and O–H groups in total. The SMILES string of the molecule is CCCOc1cc(NC2CC2CC)c(N)cc1F. The maximum Gasteiger partial charge on any atom is 0.167 e. The van der Waals surface area contributed by atoms with Gasteiger partial charge in [-0.1, -0.05) is 20.3 Å². The Morgan fingerprint density at radius 1 is 1.44 bits per heavy atom. The summed E-state index contributed by atoms with van der Waals surface area (Å²) < 4.78 is 19.0. The molecule has 0 amide bonds. The van der Waals surface area contributed by atoms with Crippen LogP contribution in [0.1, 0.15) is 33.1 Å². The maximum absolute atomic E-state index is 13.6. The van der Waals surface area contributed by atoms with Crippen LogP contribution in [0.2, 0.25) is 0 Å². The van der Waals surface area contributed by atoms with Crippen molar-refractivity contribution in [2.75, 3.05) is 17.7 Å². The van der Waals surface area contributed by atoms with Gasteiger partial charge in [0.25, 0.3) is 0 Å². The number of rotatable bonds is 6. The van der Waals surface area contributed by atoms with Crippen molar-refractivity contribution in [2.24, 2.45) is 5.92 Å². The molecule has 2 atom stereocenters. The smallest absolute Gasteiger partial charge is 0.167 e. The van der Waals surface area contributed by atoms with Gasteiger partial charge in [0.1, 0.15) is 0 Å². The van der Waals surface area contributed by atoms with Gasteiger partial charge >= 0.3 is 0 Å². The number of nitrogens with one attached hydrogen (secondary N) is 1. The lowest BCUT2D eigenvalue weighted by Gasteiger charge is -2.13. The maximum atomic E-state index is 13.6. The van der Waals surface area contributed by atoms with Gasteiger partial charge < -0.3 is 15.8 Å². The molecule has 1 saturated carbocycles. The van der Waals surface area contributed by atoms with E-state index in [1.54, 1.807) is 6.07 Å². The van der Waals surface area contributed by atoms with Gasteiger partial charge in [0.05, 0.1) is 18.0 Å². The third kappa shape index (κ3) is 2.86. The summed E-state index contributed by atoms with van der Waals surface area (Å²) in [6, 6.07) is 3.48. The molecule has 1 aromatic carbocycles. The fraction of sp³-hybridized carbons (Fsp3) is 0.571. The zero-order chi connectivity index (χ0) is 13.1. The van der Waals surface area contributed by atoms with E-state index in [0.29, 0.717) is 18.3 Å². The molecule has 1 aliphatic carbocycles. The Morgan fingerprint density at radius 2 is 2.22 bits per heavy atom. The number of hydrogen-bond acceptors (Lipinski definition) is 3. The fourth-order valence-electron chi connectivity index (χ4n) is 2.09. The second kappa shape index (κ2) is 5.46. The molecule has 0 aromatic heterocycles. The first-order valence-corrected chi connectivity index (χ1v) is 6.64. The number of anilines is 2. The highest BCUT2D eigenvalue weighted by Crippen LogP contribution is 2.38. The number of benzene rings is 1. The average Bonchev–Trinajstić information content (AvgIpc) is 3.09. The van der Waals surface area contributed by atoms with Crippen LogP contribution in [0.15, 0.2) is 12.1 Å². The molecule has 100 valence electrons. The molecule has 0 spiro atoms. The first-order chi connectivity index (χ1) is 8.65. The van der Waals surface area contributed by atoms with Crippen LogP contribution in [0, 0.1) is 11.7 Å². The molecule has 0 saturated heterocycles. The van der Waals surface area contributed by atoms with Gasteiger partial charge in [-0.05, 0) is 18.8 Å². The standard InChI is InChI=1S/C14H21FN2O/c1-3-5-18-14-8-13(11(16)7-10(14)15)17-12-6-9(12)4-2/h7-9,12,17H,3-6,16H2,1-2H3. The van der Waals surface area contributed by atoms with Crippen molar-refractivity contribution >= 4 is 11.4 Å². The third-order valence-corrected chi connectivity index (χ3v) is 3.35. The van der Waals surface area contributed by atoms with E-state index in [2.05, 4.69) is 12.2 Å². The minimum absolute atomic E-state index is 0.280. The third-order valence-electron chi connectivity index (χ3n) is 3.35. The number of halogens is 1. The quantitative estimate of drug-likeness (QED) is 0.763. The molecule has 0 aliphatic heterocycles. The van der Waals surface area contributed by atoms with Crippen molar-refractivity contribution in [3.8, 4) is 5.75 Å². The van der Waals surface area contributed by atoms with Crippen LogP contribution in [0.5, 0.6) is 5.75 Å². The van der Waals surface area contributed by atoms with Gasteiger partial charge in [0, 0.05) is 18.2 Å². The molecular weight excluding hydrogens is 231 g/mol. The Labute approximate surface area is 108 Å². The van der Waals surface area contributed by atoms with Gasteiger partial charge in [0.15, 0.2) is 11.6 Å². The van der Waals surface area contributed by atoms with Crippen LogP contribution in [-0.2, 0) is 0 Å². The van der Waals surface area contributed by atoms with Gasteiger partial charge in [0.2, 0.25) is 0 Å². The normalized spacial score (nSPS) is 21.7. The summed E-state index contributed by atoms with van der Waals surface area (Å²) in [7, 11) is 0. The zero-order valence-corrected chi connectivity index (χ0v) is 11.0. The predicted molar refractivity (Wildman–Crippen MR) is 72.4 cm³/mol. The highest BCUT2D eigenvalue weighted by atomic mass is 19.1. The van der Waals surface area contributed by atoms with Crippen LogP contribution in [0.25, 0.3) is 0 Å². The summed E-state index contributed by atoms with van der Waals surface area (Å²) in [5.41, 5.74) is 7.05. The molecule has 4 heteroatoms. The van der Waals surface area contributed by atoms with Crippen molar-refractivity contribution in [3.05, 3.63) is 17.9 Å².